The fourth-order valence-electron chi connectivity index (χ4n) is 1.26. The number of hydrazine groups is 1. The van der Waals surface area contributed by atoms with E-state index in [2.05, 4.69) is 5.43 Å². The number of hydrogen-bond donors (Lipinski definition) is 2. The topological polar surface area (TPSA) is 64.3 Å². The van der Waals surface area contributed by atoms with Crippen LogP contribution in [0.1, 0.15) is 19.8 Å². The van der Waals surface area contributed by atoms with Gasteiger partial charge < -0.3 is 4.74 Å². The Morgan fingerprint density at radius 2 is 2.13 bits per heavy atom. The normalized spacial score (nSPS) is 11.9. The van der Waals surface area contributed by atoms with Gasteiger partial charge in [-0.2, -0.15) is 0 Å². The third-order valence-corrected chi connectivity index (χ3v) is 2.01. The van der Waals surface area contributed by atoms with Crippen molar-refractivity contribution >= 4 is 5.91 Å². The van der Waals surface area contributed by atoms with Gasteiger partial charge in [-0.15, -0.1) is 0 Å². The maximum Gasteiger partial charge on any atom is 0.274 e. The number of nitrogens with one attached hydrogen (secondary N) is 1. The molecule has 1 amide bonds. The van der Waals surface area contributed by atoms with Crippen molar-refractivity contribution in [3.05, 3.63) is 30.3 Å². The Hall–Kier alpha value is -1.55. The van der Waals surface area contributed by atoms with Crippen LogP contribution < -0.4 is 16.0 Å². The number of rotatable bonds is 5. The molecule has 0 aromatic heterocycles. The van der Waals surface area contributed by atoms with E-state index in [1.165, 1.54) is 0 Å². The van der Waals surface area contributed by atoms with Gasteiger partial charge in [0.25, 0.3) is 5.91 Å². The van der Waals surface area contributed by atoms with Crippen molar-refractivity contribution < 1.29 is 9.53 Å². The summed E-state index contributed by atoms with van der Waals surface area (Å²) in [5, 5.41) is 0. The smallest absolute Gasteiger partial charge is 0.274 e. The van der Waals surface area contributed by atoms with Crippen LogP contribution in [0.5, 0.6) is 5.75 Å². The van der Waals surface area contributed by atoms with Crippen LogP contribution in [0.2, 0.25) is 0 Å². The van der Waals surface area contributed by atoms with Crippen molar-refractivity contribution in [2.45, 2.75) is 25.9 Å². The zero-order chi connectivity index (χ0) is 11.1. The fraction of sp³-hybridized carbons (Fsp3) is 0.364. The second-order valence-corrected chi connectivity index (χ2v) is 3.22. The van der Waals surface area contributed by atoms with Gasteiger partial charge in [-0.25, -0.2) is 5.84 Å². The first-order chi connectivity index (χ1) is 7.27. The van der Waals surface area contributed by atoms with Gasteiger partial charge in [0.15, 0.2) is 6.10 Å². The number of benzene rings is 1. The van der Waals surface area contributed by atoms with Crippen LogP contribution >= 0.6 is 0 Å². The van der Waals surface area contributed by atoms with Crippen molar-refractivity contribution in [2.75, 3.05) is 0 Å². The molecule has 4 heteroatoms. The highest BCUT2D eigenvalue weighted by atomic mass is 16.5. The third kappa shape index (κ3) is 3.59. The SMILES string of the molecule is CCC[C@H](Oc1ccccc1)C(=O)NN. The molecule has 0 spiro atoms. The zero-order valence-electron chi connectivity index (χ0n) is 8.77. The van der Waals surface area contributed by atoms with Gasteiger partial charge >= 0.3 is 0 Å². The highest BCUT2D eigenvalue weighted by Crippen LogP contribution is 2.13. The van der Waals surface area contributed by atoms with E-state index in [0.717, 1.165) is 6.42 Å². The van der Waals surface area contributed by atoms with Crippen molar-refractivity contribution in [1.29, 1.82) is 0 Å². The highest BCUT2D eigenvalue weighted by molar-refractivity contribution is 5.80. The standard InChI is InChI=1S/C11H16N2O2/c1-2-6-10(11(14)13-12)15-9-7-4-3-5-8-9/h3-5,7-8,10H,2,6,12H2,1H3,(H,13,14)/t10-/m0/s1. The molecule has 1 aromatic rings. The first-order valence-corrected chi connectivity index (χ1v) is 5.00. The zero-order valence-corrected chi connectivity index (χ0v) is 8.77. The average molecular weight is 208 g/mol. The summed E-state index contributed by atoms with van der Waals surface area (Å²) in [6.45, 7) is 1.99. The average Bonchev–Trinajstić information content (AvgIpc) is 2.29. The second kappa shape index (κ2) is 6.03. The van der Waals surface area contributed by atoms with Crippen molar-refractivity contribution in [3.8, 4) is 5.75 Å². The lowest BCUT2D eigenvalue weighted by Crippen LogP contribution is -2.42. The molecular weight excluding hydrogens is 192 g/mol. The van der Waals surface area contributed by atoms with Gasteiger partial charge in [0.05, 0.1) is 0 Å². The maximum atomic E-state index is 11.3. The molecular formula is C11H16N2O2. The van der Waals surface area contributed by atoms with Crippen LogP contribution in [0.3, 0.4) is 0 Å². The molecule has 3 N–H and O–H groups in total. The molecule has 0 bridgehead atoms. The van der Waals surface area contributed by atoms with Crippen LogP contribution in [0.4, 0.5) is 0 Å². The van der Waals surface area contributed by atoms with E-state index >= 15 is 0 Å². The minimum atomic E-state index is -0.512. The van der Waals surface area contributed by atoms with Crippen LogP contribution in [0, 0.1) is 0 Å². The number of amides is 1. The molecule has 0 radical (unpaired) electrons. The molecule has 0 unspecified atom stereocenters. The molecule has 0 aliphatic rings. The number of carbonyl (C=O) groups excluding carboxylic acids is 1. The van der Waals surface area contributed by atoms with E-state index in [0.29, 0.717) is 12.2 Å². The highest BCUT2D eigenvalue weighted by Gasteiger charge is 2.17. The summed E-state index contributed by atoms with van der Waals surface area (Å²) in [4.78, 5) is 11.3. The monoisotopic (exact) mass is 208 g/mol. The minimum absolute atomic E-state index is 0.291. The van der Waals surface area contributed by atoms with E-state index in [9.17, 15) is 4.79 Å². The summed E-state index contributed by atoms with van der Waals surface area (Å²) >= 11 is 0. The first-order valence-electron chi connectivity index (χ1n) is 5.00. The lowest BCUT2D eigenvalue weighted by Gasteiger charge is -2.16. The fourth-order valence-corrected chi connectivity index (χ4v) is 1.26. The molecule has 0 aliphatic heterocycles. The molecule has 0 aliphatic carbocycles. The number of nitrogens with two attached hydrogens (primary N) is 1. The van der Waals surface area contributed by atoms with Gasteiger partial charge in [0.2, 0.25) is 0 Å². The number of carbonyl (C=O) groups is 1. The van der Waals surface area contributed by atoms with Crippen molar-refractivity contribution in [3.63, 3.8) is 0 Å². The molecule has 0 saturated heterocycles. The van der Waals surface area contributed by atoms with Crippen LogP contribution in [-0.4, -0.2) is 12.0 Å². The van der Waals surface area contributed by atoms with Gasteiger partial charge in [0.1, 0.15) is 5.75 Å². The lowest BCUT2D eigenvalue weighted by molar-refractivity contribution is -0.128. The van der Waals surface area contributed by atoms with Crippen molar-refractivity contribution in [2.24, 2.45) is 5.84 Å². The van der Waals surface area contributed by atoms with Crippen LogP contribution in [0.25, 0.3) is 0 Å². The number of hydrogen-bond acceptors (Lipinski definition) is 3. The van der Waals surface area contributed by atoms with Gasteiger partial charge in [-0.3, -0.25) is 10.2 Å². The van der Waals surface area contributed by atoms with Crippen molar-refractivity contribution in [1.82, 2.24) is 5.43 Å². The van der Waals surface area contributed by atoms with E-state index in [1.54, 1.807) is 0 Å². The van der Waals surface area contributed by atoms with E-state index in [4.69, 9.17) is 10.6 Å². The van der Waals surface area contributed by atoms with Crippen LogP contribution in [-0.2, 0) is 4.79 Å². The molecule has 1 aromatic carbocycles. The molecule has 4 nitrogen and oxygen atoms in total. The van der Waals surface area contributed by atoms with Gasteiger partial charge in [-0.05, 0) is 18.6 Å². The first kappa shape index (κ1) is 11.5. The van der Waals surface area contributed by atoms with E-state index in [1.807, 2.05) is 37.3 Å². The second-order valence-electron chi connectivity index (χ2n) is 3.22. The third-order valence-electron chi connectivity index (χ3n) is 2.01. The quantitative estimate of drug-likeness (QED) is 0.434. The Morgan fingerprint density at radius 3 is 2.67 bits per heavy atom. The molecule has 0 heterocycles. The Labute approximate surface area is 89.4 Å². The Bertz CT molecular complexity index is 301. The van der Waals surface area contributed by atoms with Gasteiger partial charge in [0, 0.05) is 0 Å². The van der Waals surface area contributed by atoms with Gasteiger partial charge in [-0.1, -0.05) is 31.5 Å². The molecule has 0 saturated carbocycles. The summed E-state index contributed by atoms with van der Waals surface area (Å²) in [6.07, 6.45) is 1.01. The Balaban J connectivity index is 2.62. The lowest BCUT2D eigenvalue weighted by atomic mass is 10.2. The molecule has 0 fully saturated rings. The summed E-state index contributed by atoms with van der Waals surface area (Å²) < 4.78 is 5.52. The molecule has 1 atom stereocenters. The largest absolute Gasteiger partial charge is 0.481 e. The Morgan fingerprint density at radius 1 is 1.47 bits per heavy atom. The number of ether oxygens (including phenoxy) is 1. The Kier molecular flexibility index (Phi) is 4.63. The predicted molar refractivity (Wildman–Crippen MR) is 58.1 cm³/mol. The van der Waals surface area contributed by atoms with E-state index < -0.39 is 6.10 Å². The van der Waals surface area contributed by atoms with Crippen LogP contribution in [0.15, 0.2) is 30.3 Å². The number of para-hydroxylation sites is 1. The summed E-state index contributed by atoms with van der Waals surface area (Å²) in [6, 6.07) is 9.24. The van der Waals surface area contributed by atoms with E-state index in [-0.39, 0.29) is 5.91 Å². The predicted octanol–water partition coefficient (Wildman–Crippen LogP) is 1.22. The summed E-state index contributed by atoms with van der Waals surface area (Å²) in [7, 11) is 0. The molecule has 1 rings (SSSR count). The summed E-state index contributed by atoms with van der Waals surface area (Å²) in [5.74, 6) is 5.47. The maximum absolute atomic E-state index is 11.3. The molecule has 15 heavy (non-hydrogen) atoms. The molecule has 82 valence electrons. The summed E-state index contributed by atoms with van der Waals surface area (Å²) in [5.41, 5.74) is 2.11. The minimum Gasteiger partial charge on any atom is -0.481 e.